The summed E-state index contributed by atoms with van der Waals surface area (Å²) in [6.45, 7) is 9.07. The SMILES string of the molecule is Cc1cc(C)cc(Oc2coc3cc(OCC(O)CN4CCC(C)CC4)ccc3c2=O)c1. The Morgan fingerprint density at radius 2 is 1.81 bits per heavy atom. The van der Waals surface area contributed by atoms with E-state index in [-0.39, 0.29) is 17.8 Å². The minimum absolute atomic E-state index is 0.141. The van der Waals surface area contributed by atoms with Gasteiger partial charge in [0.05, 0.1) is 5.39 Å². The van der Waals surface area contributed by atoms with Crippen LogP contribution < -0.4 is 14.9 Å². The zero-order valence-electron chi connectivity index (χ0n) is 19.0. The van der Waals surface area contributed by atoms with E-state index < -0.39 is 6.10 Å². The van der Waals surface area contributed by atoms with E-state index in [9.17, 15) is 9.90 Å². The predicted molar refractivity (Wildman–Crippen MR) is 125 cm³/mol. The largest absolute Gasteiger partial charge is 0.491 e. The van der Waals surface area contributed by atoms with Gasteiger partial charge >= 0.3 is 0 Å². The number of benzene rings is 2. The summed E-state index contributed by atoms with van der Waals surface area (Å²) in [6.07, 6.45) is 3.11. The Morgan fingerprint density at radius 3 is 2.53 bits per heavy atom. The highest BCUT2D eigenvalue weighted by molar-refractivity contribution is 5.79. The Morgan fingerprint density at radius 1 is 1.09 bits per heavy atom. The van der Waals surface area contributed by atoms with Crippen molar-refractivity contribution in [1.29, 1.82) is 0 Å². The lowest BCUT2D eigenvalue weighted by molar-refractivity contribution is 0.0563. The zero-order valence-corrected chi connectivity index (χ0v) is 19.0. The first-order valence-electron chi connectivity index (χ1n) is 11.2. The lowest BCUT2D eigenvalue weighted by Crippen LogP contribution is -2.40. The standard InChI is InChI=1S/C26H31NO5/c1-17-6-8-27(9-7-17)14-20(28)15-30-21-4-5-23-24(13-21)31-16-25(26(23)29)32-22-11-18(2)10-19(3)12-22/h4-5,10-13,16-17,20,28H,6-9,14-15H2,1-3H3. The van der Waals surface area contributed by atoms with Crippen LogP contribution in [0.4, 0.5) is 0 Å². The molecule has 4 rings (SSSR count). The number of fused-ring (bicyclic) bond motifs is 1. The number of hydrogen-bond donors (Lipinski definition) is 1. The first kappa shape index (κ1) is 22.4. The van der Waals surface area contributed by atoms with Crippen molar-refractivity contribution < 1.29 is 19.0 Å². The summed E-state index contributed by atoms with van der Waals surface area (Å²) >= 11 is 0. The van der Waals surface area contributed by atoms with E-state index >= 15 is 0 Å². The molecule has 6 heteroatoms. The maximum Gasteiger partial charge on any atom is 0.235 e. The van der Waals surface area contributed by atoms with Gasteiger partial charge in [-0.15, -0.1) is 0 Å². The second kappa shape index (κ2) is 9.76. The number of rotatable bonds is 7. The molecule has 2 aromatic carbocycles. The van der Waals surface area contributed by atoms with E-state index in [2.05, 4.69) is 11.8 Å². The highest BCUT2D eigenvalue weighted by atomic mass is 16.5. The molecule has 1 aliphatic heterocycles. The molecule has 1 saturated heterocycles. The molecular formula is C26H31NO5. The molecule has 0 saturated carbocycles. The van der Waals surface area contributed by atoms with E-state index in [1.165, 1.54) is 19.1 Å². The fourth-order valence-electron chi connectivity index (χ4n) is 4.16. The molecule has 0 aliphatic carbocycles. The molecule has 1 unspecified atom stereocenters. The highest BCUT2D eigenvalue weighted by Crippen LogP contribution is 2.25. The number of aliphatic hydroxyl groups excluding tert-OH is 1. The van der Waals surface area contributed by atoms with E-state index in [0.717, 1.165) is 30.1 Å². The van der Waals surface area contributed by atoms with Crippen molar-refractivity contribution in [3.63, 3.8) is 0 Å². The second-order valence-electron chi connectivity index (χ2n) is 8.96. The minimum Gasteiger partial charge on any atom is -0.491 e. The molecule has 1 aliphatic rings. The monoisotopic (exact) mass is 437 g/mol. The minimum atomic E-state index is -0.570. The molecule has 0 radical (unpaired) electrons. The van der Waals surface area contributed by atoms with Crippen LogP contribution in [-0.2, 0) is 0 Å². The maximum atomic E-state index is 12.9. The van der Waals surface area contributed by atoms with Crippen LogP contribution in [0.15, 0.2) is 51.9 Å². The maximum absolute atomic E-state index is 12.9. The Kier molecular flexibility index (Phi) is 6.82. The molecule has 1 N–H and O–H groups in total. The number of likely N-dealkylation sites (tertiary alicyclic amines) is 1. The quantitative estimate of drug-likeness (QED) is 0.579. The van der Waals surface area contributed by atoms with Crippen LogP contribution in [0, 0.1) is 19.8 Å². The van der Waals surface area contributed by atoms with Gasteiger partial charge in [0.2, 0.25) is 11.2 Å². The molecule has 0 spiro atoms. The Balaban J connectivity index is 1.41. The summed E-state index contributed by atoms with van der Waals surface area (Å²) in [4.78, 5) is 15.1. The van der Waals surface area contributed by atoms with Gasteiger partial charge in [-0.25, -0.2) is 0 Å². The third kappa shape index (κ3) is 5.50. The summed E-state index contributed by atoms with van der Waals surface area (Å²) in [5.74, 6) is 2.06. The fourth-order valence-corrected chi connectivity index (χ4v) is 4.16. The molecule has 6 nitrogen and oxygen atoms in total. The second-order valence-corrected chi connectivity index (χ2v) is 8.96. The van der Waals surface area contributed by atoms with Crippen molar-refractivity contribution in [3.8, 4) is 17.2 Å². The molecular weight excluding hydrogens is 406 g/mol. The molecule has 0 amide bonds. The fraction of sp³-hybridized carbons (Fsp3) is 0.423. The first-order chi connectivity index (χ1) is 15.4. The van der Waals surface area contributed by atoms with Crippen molar-refractivity contribution >= 4 is 11.0 Å². The normalized spacial score (nSPS) is 16.2. The number of aliphatic hydroxyl groups is 1. The molecule has 32 heavy (non-hydrogen) atoms. The number of hydrogen-bond acceptors (Lipinski definition) is 6. The van der Waals surface area contributed by atoms with Crippen LogP contribution in [-0.4, -0.2) is 42.4 Å². The van der Waals surface area contributed by atoms with Crippen LogP contribution in [0.25, 0.3) is 11.0 Å². The summed E-state index contributed by atoms with van der Waals surface area (Å²) in [5.41, 5.74) is 2.30. The Hall–Kier alpha value is -2.83. The van der Waals surface area contributed by atoms with Gasteiger partial charge in [0.25, 0.3) is 0 Å². The van der Waals surface area contributed by atoms with Crippen LogP contribution in [0.3, 0.4) is 0 Å². The summed E-state index contributed by atoms with van der Waals surface area (Å²) in [6, 6.07) is 10.9. The summed E-state index contributed by atoms with van der Waals surface area (Å²) < 4.78 is 17.2. The summed E-state index contributed by atoms with van der Waals surface area (Å²) in [5, 5.41) is 10.8. The van der Waals surface area contributed by atoms with Gasteiger partial charge in [-0.3, -0.25) is 4.79 Å². The van der Waals surface area contributed by atoms with Crippen LogP contribution in [0.5, 0.6) is 17.2 Å². The van der Waals surface area contributed by atoms with E-state index in [1.54, 1.807) is 18.2 Å². The van der Waals surface area contributed by atoms with Crippen LogP contribution in [0.2, 0.25) is 0 Å². The van der Waals surface area contributed by atoms with Gasteiger partial charge in [0.15, 0.2) is 0 Å². The molecule has 3 aromatic rings. The van der Waals surface area contributed by atoms with Crippen molar-refractivity contribution in [2.75, 3.05) is 26.2 Å². The van der Waals surface area contributed by atoms with Crippen LogP contribution >= 0.6 is 0 Å². The number of ether oxygens (including phenoxy) is 2. The van der Waals surface area contributed by atoms with E-state index in [4.69, 9.17) is 13.9 Å². The van der Waals surface area contributed by atoms with E-state index in [0.29, 0.717) is 29.0 Å². The molecule has 1 fully saturated rings. The number of β-amino-alcohol motifs (C(OH)–C–C–N with tert-alkyl or cyclic N) is 1. The first-order valence-corrected chi connectivity index (χ1v) is 11.2. The van der Waals surface area contributed by atoms with Crippen molar-refractivity contribution in [2.45, 2.75) is 39.7 Å². The Bertz CT molecular complexity index is 1110. The molecule has 2 heterocycles. The van der Waals surface area contributed by atoms with Crippen molar-refractivity contribution in [3.05, 3.63) is 64.0 Å². The molecule has 170 valence electrons. The average molecular weight is 438 g/mol. The molecule has 0 bridgehead atoms. The molecule has 1 aromatic heterocycles. The van der Waals surface area contributed by atoms with Crippen molar-refractivity contribution in [1.82, 2.24) is 4.90 Å². The Labute approximate surface area is 188 Å². The topological polar surface area (TPSA) is 72.1 Å². The highest BCUT2D eigenvalue weighted by Gasteiger charge is 2.19. The summed E-state index contributed by atoms with van der Waals surface area (Å²) in [7, 11) is 0. The van der Waals surface area contributed by atoms with Gasteiger partial charge in [-0.2, -0.15) is 0 Å². The lowest BCUT2D eigenvalue weighted by atomic mass is 9.99. The molecule has 1 atom stereocenters. The smallest absolute Gasteiger partial charge is 0.235 e. The average Bonchev–Trinajstić information content (AvgIpc) is 2.75. The van der Waals surface area contributed by atoms with Gasteiger partial charge in [-0.05, 0) is 81.1 Å². The third-order valence-corrected chi connectivity index (χ3v) is 5.93. The van der Waals surface area contributed by atoms with E-state index in [1.807, 2.05) is 32.0 Å². The lowest BCUT2D eigenvalue weighted by Gasteiger charge is -2.31. The number of aryl methyl sites for hydroxylation is 2. The van der Waals surface area contributed by atoms with Gasteiger partial charge in [-0.1, -0.05) is 13.0 Å². The number of nitrogens with zero attached hydrogens (tertiary/aromatic N) is 1. The van der Waals surface area contributed by atoms with Gasteiger partial charge < -0.3 is 23.9 Å². The third-order valence-electron chi connectivity index (χ3n) is 5.93. The predicted octanol–water partition coefficient (Wildman–Crippen LogP) is 4.67. The zero-order chi connectivity index (χ0) is 22.7. The van der Waals surface area contributed by atoms with Gasteiger partial charge in [0, 0.05) is 12.6 Å². The van der Waals surface area contributed by atoms with Crippen LogP contribution in [0.1, 0.15) is 30.9 Å². The van der Waals surface area contributed by atoms with Gasteiger partial charge in [0.1, 0.15) is 36.1 Å². The van der Waals surface area contributed by atoms with Crippen molar-refractivity contribution in [2.24, 2.45) is 5.92 Å². The number of piperidine rings is 1.